The van der Waals surface area contributed by atoms with Gasteiger partial charge in [0.2, 0.25) is 0 Å². The van der Waals surface area contributed by atoms with Crippen molar-refractivity contribution >= 4 is 11.6 Å². The van der Waals surface area contributed by atoms with E-state index in [1.165, 1.54) is 19.3 Å². The van der Waals surface area contributed by atoms with Gasteiger partial charge in [-0.05, 0) is 37.4 Å². The molecule has 0 radical (unpaired) electrons. The summed E-state index contributed by atoms with van der Waals surface area (Å²) in [6, 6.07) is 6.30. The second-order valence-corrected chi connectivity index (χ2v) is 5.50. The Morgan fingerprint density at radius 3 is 3.00 bits per heavy atom. The number of halogens is 1. The summed E-state index contributed by atoms with van der Waals surface area (Å²) in [5, 5.41) is 0.570. The molecule has 1 aromatic heterocycles. The highest BCUT2D eigenvalue weighted by Crippen LogP contribution is 2.26. The number of nitrogens with zero attached hydrogens (tertiary/aromatic N) is 2. The van der Waals surface area contributed by atoms with Crippen molar-refractivity contribution in [2.45, 2.75) is 38.8 Å². The van der Waals surface area contributed by atoms with E-state index in [4.69, 9.17) is 17.3 Å². The topological polar surface area (TPSA) is 42.2 Å². The molecular formula is C14H22ClN3. The summed E-state index contributed by atoms with van der Waals surface area (Å²) in [6.45, 7) is 4.98. The number of nitrogens with two attached hydrogens (primary N) is 1. The molecule has 2 rings (SSSR count). The molecule has 2 atom stereocenters. The van der Waals surface area contributed by atoms with E-state index < -0.39 is 0 Å². The lowest BCUT2D eigenvalue weighted by atomic mass is 9.89. The van der Waals surface area contributed by atoms with E-state index in [-0.39, 0.29) is 0 Å². The van der Waals surface area contributed by atoms with Gasteiger partial charge in [-0.3, -0.25) is 4.90 Å². The van der Waals surface area contributed by atoms with Crippen LogP contribution < -0.4 is 5.73 Å². The normalized spacial score (nSPS) is 25.3. The third-order valence-electron chi connectivity index (χ3n) is 3.93. The molecule has 1 aliphatic rings. The molecule has 3 nitrogen and oxygen atoms in total. The van der Waals surface area contributed by atoms with Crippen molar-refractivity contribution in [1.29, 1.82) is 0 Å². The average molecular weight is 268 g/mol. The van der Waals surface area contributed by atoms with Gasteiger partial charge in [0.05, 0.1) is 5.69 Å². The summed E-state index contributed by atoms with van der Waals surface area (Å²) in [6.07, 6.45) is 3.75. The van der Waals surface area contributed by atoms with Gasteiger partial charge in [-0.15, -0.1) is 0 Å². The summed E-state index contributed by atoms with van der Waals surface area (Å²) in [5.74, 6) is 0.835. The van der Waals surface area contributed by atoms with Gasteiger partial charge in [-0.2, -0.15) is 0 Å². The van der Waals surface area contributed by atoms with Gasteiger partial charge < -0.3 is 5.73 Å². The van der Waals surface area contributed by atoms with E-state index in [2.05, 4.69) is 16.8 Å². The highest BCUT2D eigenvalue weighted by atomic mass is 35.5. The number of hydrogen-bond donors (Lipinski definition) is 1. The zero-order valence-electron chi connectivity index (χ0n) is 11.0. The van der Waals surface area contributed by atoms with Crippen LogP contribution in [0, 0.1) is 5.92 Å². The maximum absolute atomic E-state index is 5.92. The van der Waals surface area contributed by atoms with Gasteiger partial charge in [-0.25, -0.2) is 4.98 Å². The molecule has 1 fully saturated rings. The molecule has 0 spiro atoms. The van der Waals surface area contributed by atoms with Crippen LogP contribution in [0.15, 0.2) is 18.2 Å². The van der Waals surface area contributed by atoms with Crippen molar-refractivity contribution in [1.82, 2.24) is 9.88 Å². The van der Waals surface area contributed by atoms with E-state index in [0.29, 0.717) is 11.2 Å². The van der Waals surface area contributed by atoms with Gasteiger partial charge in [0.15, 0.2) is 0 Å². The van der Waals surface area contributed by atoms with Crippen molar-refractivity contribution in [2.24, 2.45) is 11.7 Å². The molecule has 0 bridgehead atoms. The Hall–Kier alpha value is -0.640. The first-order valence-corrected chi connectivity index (χ1v) is 7.16. The van der Waals surface area contributed by atoms with E-state index in [9.17, 15) is 0 Å². The number of piperidine rings is 1. The minimum absolute atomic E-state index is 0.490. The van der Waals surface area contributed by atoms with Crippen molar-refractivity contribution < 1.29 is 0 Å². The van der Waals surface area contributed by atoms with Crippen LogP contribution in [0.25, 0.3) is 0 Å². The third-order valence-corrected chi connectivity index (χ3v) is 4.14. The lowest BCUT2D eigenvalue weighted by molar-refractivity contribution is 0.106. The molecule has 1 aliphatic heterocycles. The van der Waals surface area contributed by atoms with Crippen LogP contribution >= 0.6 is 11.6 Å². The number of likely N-dealkylation sites (tertiary alicyclic amines) is 1. The predicted octanol–water partition coefficient (Wildman–Crippen LogP) is 2.68. The predicted molar refractivity (Wildman–Crippen MR) is 75.5 cm³/mol. The Morgan fingerprint density at radius 1 is 1.50 bits per heavy atom. The minimum Gasteiger partial charge on any atom is -0.329 e. The first-order chi connectivity index (χ1) is 8.72. The molecule has 0 aliphatic carbocycles. The molecule has 2 unspecified atom stereocenters. The smallest absolute Gasteiger partial charge is 0.129 e. The fraction of sp³-hybridized carbons (Fsp3) is 0.643. The van der Waals surface area contributed by atoms with Crippen LogP contribution in [-0.4, -0.2) is 29.0 Å². The van der Waals surface area contributed by atoms with E-state index >= 15 is 0 Å². The van der Waals surface area contributed by atoms with Gasteiger partial charge in [-0.1, -0.05) is 31.0 Å². The van der Waals surface area contributed by atoms with Crippen molar-refractivity contribution in [3.63, 3.8) is 0 Å². The first kappa shape index (κ1) is 13.8. The molecule has 0 saturated carbocycles. The number of pyridine rings is 1. The molecule has 100 valence electrons. The van der Waals surface area contributed by atoms with Crippen LogP contribution in [0.1, 0.15) is 31.9 Å². The van der Waals surface area contributed by atoms with E-state index in [1.54, 1.807) is 0 Å². The Labute approximate surface area is 114 Å². The molecule has 0 amide bonds. The Morgan fingerprint density at radius 2 is 2.33 bits per heavy atom. The van der Waals surface area contributed by atoms with Crippen molar-refractivity contribution in [3.05, 3.63) is 29.0 Å². The van der Waals surface area contributed by atoms with Crippen molar-refractivity contribution in [2.75, 3.05) is 13.1 Å². The number of hydrogen-bond acceptors (Lipinski definition) is 3. The minimum atomic E-state index is 0.490. The van der Waals surface area contributed by atoms with Crippen LogP contribution in [0.3, 0.4) is 0 Å². The lowest BCUT2D eigenvalue weighted by Gasteiger charge is -2.38. The molecule has 18 heavy (non-hydrogen) atoms. The Bertz CT molecular complexity index is 383. The van der Waals surface area contributed by atoms with Gasteiger partial charge in [0, 0.05) is 19.1 Å². The molecule has 2 N–H and O–H groups in total. The number of aromatic nitrogens is 1. The lowest BCUT2D eigenvalue weighted by Crippen LogP contribution is -2.46. The standard InChI is InChI=1S/C14H22ClN3/c1-2-11-6-7-18(13(8-11)9-16)10-12-4-3-5-14(15)17-12/h3-5,11,13H,2,6-10,16H2,1H3. The maximum atomic E-state index is 5.92. The van der Waals surface area contributed by atoms with Crippen LogP contribution in [0.5, 0.6) is 0 Å². The maximum Gasteiger partial charge on any atom is 0.129 e. The van der Waals surface area contributed by atoms with Gasteiger partial charge in [0.25, 0.3) is 0 Å². The molecular weight excluding hydrogens is 246 g/mol. The van der Waals surface area contributed by atoms with Crippen molar-refractivity contribution in [3.8, 4) is 0 Å². The van der Waals surface area contributed by atoms with Crippen LogP contribution in [-0.2, 0) is 6.54 Å². The molecule has 4 heteroatoms. The van der Waals surface area contributed by atoms with Gasteiger partial charge >= 0.3 is 0 Å². The first-order valence-electron chi connectivity index (χ1n) is 6.78. The quantitative estimate of drug-likeness (QED) is 0.853. The summed E-state index contributed by atoms with van der Waals surface area (Å²) in [5.41, 5.74) is 6.94. The van der Waals surface area contributed by atoms with Crippen LogP contribution in [0.2, 0.25) is 5.15 Å². The summed E-state index contributed by atoms with van der Waals surface area (Å²) < 4.78 is 0. The highest BCUT2D eigenvalue weighted by Gasteiger charge is 2.26. The fourth-order valence-corrected chi connectivity index (χ4v) is 2.93. The summed E-state index contributed by atoms with van der Waals surface area (Å²) >= 11 is 5.92. The third kappa shape index (κ3) is 3.44. The molecule has 1 aromatic rings. The number of rotatable bonds is 4. The SMILES string of the molecule is CCC1CCN(Cc2cccc(Cl)n2)C(CN)C1. The second kappa shape index (κ2) is 6.50. The Balaban J connectivity index is 2.00. The summed E-state index contributed by atoms with van der Waals surface area (Å²) in [4.78, 5) is 6.81. The summed E-state index contributed by atoms with van der Waals surface area (Å²) in [7, 11) is 0. The average Bonchev–Trinajstić information content (AvgIpc) is 2.39. The zero-order valence-corrected chi connectivity index (χ0v) is 11.7. The fourth-order valence-electron chi connectivity index (χ4n) is 2.75. The highest BCUT2D eigenvalue weighted by molar-refractivity contribution is 6.29. The van der Waals surface area contributed by atoms with E-state index in [1.807, 2.05) is 18.2 Å². The monoisotopic (exact) mass is 267 g/mol. The van der Waals surface area contributed by atoms with Gasteiger partial charge in [0.1, 0.15) is 5.15 Å². The zero-order chi connectivity index (χ0) is 13.0. The second-order valence-electron chi connectivity index (χ2n) is 5.11. The Kier molecular flexibility index (Phi) is 4.98. The molecule has 1 saturated heterocycles. The molecule has 2 heterocycles. The molecule has 0 aromatic carbocycles. The van der Waals surface area contributed by atoms with E-state index in [0.717, 1.165) is 31.2 Å². The van der Waals surface area contributed by atoms with Crippen LogP contribution in [0.4, 0.5) is 0 Å². The largest absolute Gasteiger partial charge is 0.329 e.